The number of carbonyl (C=O) groups is 1. The molecule has 10 heteroatoms. The smallest absolute Gasteiger partial charge is 0.270 e. The van der Waals surface area contributed by atoms with Gasteiger partial charge in [0.25, 0.3) is 11.5 Å². The Morgan fingerprint density at radius 1 is 1.22 bits per heavy atom. The summed E-state index contributed by atoms with van der Waals surface area (Å²) in [7, 11) is 0. The Balaban J connectivity index is 1.29. The molecule has 1 saturated heterocycles. The maximum absolute atomic E-state index is 15.4. The van der Waals surface area contributed by atoms with Gasteiger partial charge in [0.15, 0.2) is 11.5 Å². The van der Waals surface area contributed by atoms with Crippen LogP contribution in [-0.2, 0) is 6.42 Å². The molecule has 2 fully saturated rings. The molecule has 2 aromatic heterocycles. The lowest BCUT2D eigenvalue weighted by Crippen LogP contribution is -2.47. The molecule has 3 aromatic rings. The summed E-state index contributed by atoms with van der Waals surface area (Å²) in [5.41, 5.74) is 2.29. The highest BCUT2D eigenvalue weighted by Gasteiger charge is 2.27. The third kappa shape index (κ3) is 4.79. The number of piperazine rings is 1. The van der Waals surface area contributed by atoms with Gasteiger partial charge < -0.3 is 15.2 Å². The maximum Gasteiger partial charge on any atom is 0.270 e. The van der Waals surface area contributed by atoms with Crippen LogP contribution in [0.5, 0.6) is 0 Å². The molecule has 37 heavy (non-hydrogen) atoms. The molecular weight excluding hydrogens is 473 g/mol. The topological polar surface area (TPSA) is 118 Å². The SMILES string of the molecule is CCc1nc2ccc(C(C)N3CCN(c4ccc(C(=O)NC5CCC5)nc4C#N)CC3)c(F)c2[nH]c1=O. The lowest BCUT2D eigenvalue weighted by atomic mass is 9.93. The zero-order valence-electron chi connectivity index (χ0n) is 21.1. The highest BCUT2D eigenvalue weighted by atomic mass is 19.1. The Labute approximate surface area is 214 Å². The lowest BCUT2D eigenvalue weighted by molar-refractivity contribution is 0.0912. The van der Waals surface area contributed by atoms with Crippen LogP contribution in [0.2, 0.25) is 0 Å². The van der Waals surface area contributed by atoms with E-state index in [1.165, 1.54) is 0 Å². The largest absolute Gasteiger partial charge is 0.367 e. The van der Waals surface area contributed by atoms with Crippen molar-refractivity contribution in [2.75, 3.05) is 31.1 Å². The number of benzene rings is 1. The Bertz CT molecular complexity index is 1440. The fourth-order valence-corrected chi connectivity index (χ4v) is 5.01. The van der Waals surface area contributed by atoms with Gasteiger partial charge >= 0.3 is 0 Å². The van der Waals surface area contributed by atoms with Crippen molar-refractivity contribution < 1.29 is 9.18 Å². The molecule has 1 atom stereocenters. The quantitative estimate of drug-likeness (QED) is 0.531. The van der Waals surface area contributed by atoms with E-state index in [0.29, 0.717) is 55.1 Å². The number of nitrogens with zero attached hydrogens (tertiary/aromatic N) is 5. The van der Waals surface area contributed by atoms with Crippen molar-refractivity contribution in [2.45, 2.75) is 51.6 Å². The summed E-state index contributed by atoms with van der Waals surface area (Å²) >= 11 is 0. The van der Waals surface area contributed by atoms with Gasteiger partial charge in [-0.3, -0.25) is 14.5 Å². The van der Waals surface area contributed by atoms with Crippen molar-refractivity contribution in [2.24, 2.45) is 0 Å². The number of halogens is 1. The number of nitriles is 1. The van der Waals surface area contributed by atoms with Crippen molar-refractivity contribution in [1.29, 1.82) is 5.26 Å². The molecule has 192 valence electrons. The average molecular weight is 504 g/mol. The molecule has 0 radical (unpaired) electrons. The van der Waals surface area contributed by atoms with Crippen LogP contribution < -0.4 is 15.8 Å². The van der Waals surface area contributed by atoms with Crippen LogP contribution in [0.15, 0.2) is 29.1 Å². The second-order valence-electron chi connectivity index (χ2n) is 9.71. The van der Waals surface area contributed by atoms with Crippen molar-refractivity contribution in [3.05, 3.63) is 63.1 Å². The van der Waals surface area contributed by atoms with Gasteiger partial charge in [0.05, 0.1) is 11.2 Å². The first-order chi connectivity index (χ1) is 17.9. The molecule has 0 spiro atoms. The third-order valence-electron chi connectivity index (χ3n) is 7.55. The van der Waals surface area contributed by atoms with Crippen molar-refractivity contribution in [3.63, 3.8) is 0 Å². The molecule has 9 nitrogen and oxygen atoms in total. The van der Waals surface area contributed by atoms with Crippen LogP contribution in [0.1, 0.15) is 66.6 Å². The number of fused-ring (bicyclic) bond motifs is 1. The summed E-state index contributed by atoms with van der Waals surface area (Å²) in [4.78, 5) is 40.2. The normalized spacial score (nSPS) is 17.3. The Hall–Kier alpha value is -3.84. The molecule has 1 amide bonds. The van der Waals surface area contributed by atoms with Gasteiger partial charge in [-0.05, 0) is 50.8 Å². The number of anilines is 1. The van der Waals surface area contributed by atoms with Gasteiger partial charge in [-0.1, -0.05) is 13.0 Å². The molecule has 2 N–H and O–H groups in total. The molecule has 1 saturated carbocycles. The predicted octanol–water partition coefficient (Wildman–Crippen LogP) is 3.06. The van der Waals surface area contributed by atoms with Crippen LogP contribution in [-0.4, -0.2) is 58.0 Å². The first kappa shape index (κ1) is 24.8. The summed E-state index contributed by atoms with van der Waals surface area (Å²) < 4.78 is 15.4. The molecule has 0 bridgehead atoms. The summed E-state index contributed by atoms with van der Waals surface area (Å²) in [6.07, 6.45) is 3.56. The first-order valence-electron chi connectivity index (χ1n) is 12.8. The van der Waals surface area contributed by atoms with Crippen molar-refractivity contribution in [1.82, 2.24) is 25.2 Å². The number of rotatable bonds is 6. The van der Waals surface area contributed by atoms with E-state index in [4.69, 9.17) is 0 Å². The van der Waals surface area contributed by atoms with Crippen LogP contribution >= 0.6 is 0 Å². The van der Waals surface area contributed by atoms with Crippen LogP contribution in [0.4, 0.5) is 10.1 Å². The van der Waals surface area contributed by atoms with Crippen LogP contribution in [0.3, 0.4) is 0 Å². The average Bonchev–Trinajstić information content (AvgIpc) is 2.90. The first-order valence-corrected chi connectivity index (χ1v) is 12.8. The number of aryl methyl sites for hydroxylation is 1. The van der Waals surface area contributed by atoms with Crippen molar-refractivity contribution in [3.8, 4) is 6.07 Å². The summed E-state index contributed by atoms with van der Waals surface area (Å²) in [6.45, 7) is 6.34. The Morgan fingerprint density at radius 2 is 1.97 bits per heavy atom. The zero-order valence-corrected chi connectivity index (χ0v) is 21.1. The maximum atomic E-state index is 15.4. The summed E-state index contributed by atoms with van der Waals surface area (Å²) in [6, 6.07) is 9.07. The van der Waals surface area contributed by atoms with Crippen LogP contribution in [0, 0.1) is 17.1 Å². The van der Waals surface area contributed by atoms with E-state index in [2.05, 4.69) is 36.1 Å². The minimum absolute atomic E-state index is 0.136. The Morgan fingerprint density at radius 3 is 2.62 bits per heavy atom. The van der Waals surface area contributed by atoms with E-state index in [-0.39, 0.29) is 40.5 Å². The second kappa shape index (κ2) is 10.3. The number of H-pyrrole nitrogens is 1. The predicted molar refractivity (Wildman–Crippen MR) is 138 cm³/mol. The van der Waals surface area contributed by atoms with Gasteiger partial charge in [0.1, 0.15) is 23.0 Å². The molecule has 3 heterocycles. The fraction of sp³-hybridized carbons (Fsp3) is 0.444. The van der Waals surface area contributed by atoms with E-state index in [1.807, 2.05) is 13.8 Å². The number of amides is 1. The van der Waals surface area contributed by atoms with E-state index in [0.717, 1.165) is 19.3 Å². The van der Waals surface area contributed by atoms with Gasteiger partial charge in [-0.25, -0.2) is 14.4 Å². The number of hydrogen-bond donors (Lipinski definition) is 2. The van der Waals surface area contributed by atoms with Gasteiger partial charge in [0.2, 0.25) is 0 Å². The van der Waals surface area contributed by atoms with E-state index in [1.54, 1.807) is 24.3 Å². The van der Waals surface area contributed by atoms with Gasteiger partial charge in [0, 0.05) is 43.8 Å². The van der Waals surface area contributed by atoms with Gasteiger partial charge in [-0.15, -0.1) is 0 Å². The number of pyridine rings is 1. The third-order valence-corrected chi connectivity index (χ3v) is 7.55. The molecule has 5 rings (SSSR count). The molecule has 1 aromatic carbocycles. The number of hydrogen-bond acceptors (Lipinski definition) is 7. The number of aromatic amines is 1. The van der Waals surface area contributed by atoms with E-state index < -0.39 is 5.82 Å². The van der Waals surface area contributed by atoms with Crippen LogP contribution in [0.25, 0.3) is 11.0 Å². The lowest BCUT2D eigenvalue weighted by Gasteiger charge is -2.39. The zero-order chi connectivity index (χ0) is 26.1. The molecular formula is C27H30FN7O2. The monoisotopic (exact) mass is 503 g/mol. The van der Waals surface area contributed by atoms with E-state index in [9.17, 15) is 14.9 Å². The minimum atomic E-state index is -0.452. The fourth-order valence-electron chi connectivity index (χ4n) is 5.01. The summed E-state index contributed by atoms with van der Waals surface area (Å²) in [5.74, 6) is -0.697. The number of nitrogens with one attached hydrogen (secondary N) is 2. The molecule has 1 unspecified atom stereocenters. The van der Waals surface area contributed by atoms with E-state index >= 15 is 4.39 Å². The number of aromatic nitrogens is 3. The highest BCUT2D eigenvalue weighted by molar-refractivity contribution is 5.93. The highest BCUT2D eigenvalue weighted by Crippen LogP contribution is 2.29. The molecule has 2 aliphatic rings. The summed E-state index contributed by atoms with van der Waals surface area (Å²) in [5, 5.41) is 12.7. The Kier molecular flexibility index (Phi) is 6.89. The second-order valence-corrected chi connectivity index (χ2v) is 9.71. The molecule has 1 aliphatic carbocycles. The molecule has 1 aliphatic heterocycles. The minimum Gasteiger partial charge on any atom is -0.367 e. The van der Waals surface area contributed by atoms with Gasteiger partial charge in [-0.2, -0.15) is 5.26 Å². The number of carbonyl (C=O) groups excluding carboxylic acids is 1. The van der Waals surface area contributed by atoms with Crippen molar-refractivity contribution >= 4 is 22.6 Å². The standard InChI is InChI=1S/C27H30FN7O2/c1-3-19-26(36)33-25-20(31-19)8-7-18(24(25)28)16(2)34-11-13-35(14-12-34)23-10-9-21(32-22(23)15-29)27(37)30-17-5-4-6-17/h7-10,16-17H,3-6,11-14H2,1-2H3,(H,30,37)(H,33,36).